The van der Waals surface area contributed by atoms with Gasteiger partial charge >= 0.3 is 0 Å². The first-order valence-corrected chi connectivity index (χ1v) is 4.68. The third kappa shape index (κ3) is 1.18. The van der Waals surface area contributed by atoms with E-state index in [-0.39, 0.29) is 0 Å². The molecule has 2 heterocycles. The molecule has 0 N–H and O–H groups in total. The first-order valence-electron chi connectivity index (χ1n) is 4.68. The second-order valence-corrected chi connectivity index (χ2v) is 3.80. The Morgan fingerprint density at radius 2 is 2.45 bits per heavy atom. The molecule has 0 aliphatic carbocycles. The monoisotopic (exact) mass is 155 g/mol. The SMILES string of the molecule is CCC(C)N1C[C@@H]2C[C@H]1CO2. The minimum atomic E-state index is 0.564. The van der Waals surface area contributed by atoms with Crippen LogP contribution in [-0.4, -0.2) is 36.2 Å². The van der Waals surface area contributed by atoms with E-state index in [4.69, 9.17) is 4.74 Å². The molecule has 2 bridgehead atoms. The maximum atomic E-state index is 5.54. The molecule has 0 spiro atoms. The number of fused-ring (bicyclic) bond motifs is 2. The maximum absolute atomic E-state index is 5.54. The Morgan fingerprint density at radius 1 is 1.64 bits per heavy atom. The molecular weight excluding hydrogens is 138 g/mol. The average Bonchev–Trinajstić information content (AvgIpc) is 2.62. The van der Waals surface area contributed by atoms with Crippen LogP contribution in [0.5, 0.6) is 0 Å². The summed E-state index contributed by atoms with van der Waals surface area (Å²) in [5.74, 6) is 0. The number of nitrogens with zero attached hydrogens (tertiary/aromatic N) is 1. The highest BCUT2D eigenvalue weighted by Gasteiger charge is 2.40. The lowest BCUT2D eigenvalue weighted by atomic mass is 10.2. The molecule has 0 radical (unpaired) electrons. The summed E-state index contributed by atoms with van der Waals surface area (Å²) in [5.41, 5.74) is 0. The Bertz CT molecular complexity index is 148. The minimum Gasteiger partial charge on any atom is -0.375 e. The largest absolute Gasteiger partial charge is 0.375 e. The van der Waals surface area contributed by atoms with Crippen molar-refractivity contribution >= 4 is 0 Å². The summed E-state index contributed by atoms with van der Waals surface area (Å²) in [6, 6.07) is 1.50. The zero-order valence-corrected chi connectivity index (χ0v) is 7.42. The van der Waals surface area contributed by atoms with E-state index in [0.717, 1.165) is 18.7 Å². The number of likely N-dealkylation sites (tertiary alicyclic amines) is 1. The Kier molecular flexibility index (Phi) is 1.90. The minimum absolute atomic E-state index is 0.564. The van der Waals surface area contributed by atoms with E-state index in [2.05, 4.69) is 18.7 Å². The van der Waals surface area contributed by atoms with E-state index in [9.17, 15) is 0 Å². The smallest absolute Gasteiger partial charge is 0.0718 e. The van der Waals surface area contributed by atoms with Crippen LogP contribution in [0, 0.1) is 0 Å². The van der Waals surface area contributed by atoms with Crippen LogP contribution in [0.15, 0.2) is 0 Å². The molecule has 64 valence electrons. The van der Waals surface area contributed by atoms with E-state index < -0.39 is 0 Å². The molecule has 3 atom stereocenters. The van der Waals surface area contributed by atoms with E-state index >= 15 is 0 Å². The third-order valence-electron chi connectivity index (χ3n) is 3.10. The summed E-state index contributed by atoms with van der Waals surface area (Å²) in [4.78, 5) is 2.61. The highest BCUT2D eigenvalue weighted by Crippen LogP contribution is 2.29. The van der Waals surface area contributed by atoms with Gasteiger partial charge in [0.25, 0.3) is 0 Å². The van der Waals surface area contributed by atoms with Crippen LogP contribution in [-0.2, 0) is 4.74 Å². The quantitative estimate of drug-likeness (QED) is 0.595. The molecule has 0 saturated carbocycles. The molecule has 1 unspecified atom stereocenters. The van der Waals surface area contributed by atoms with Crippen molar-refractivity contribution in [3.63, 3.8) is 0 Å². The Balaban J connectivity index is 1.96. The summed E-state index contributed by atoms with van der Waals surface area (Å²) in [7, 11) is 0. The average molecular weight is 155 g/mol. The van der Waals surface area contributed by atoms with Crippen molar-refractivity contribution in [3.8, 4) is 0 Å². The molecule has 2 saturated heterocycles. The van der Waals surface area contributed by atoms with Gasteiger partial charge in [-0.1, -0.05) is 6.92 Å². The maximum Gasteiger partial charge on any atom is 0.0718 e. The lowest BCUT2D eigenvalue weighted by Gasteiger charge is -2.31. The topological polar surface area (TPSA) is 12.5 Å². The molecule has 2 aliphatic rings. The molecule has 2 fully saturated rings. The predicted octanol–water partition coefficient (Wildman–Crippen LogP) is 1.26. The molecular formula is C9H17NO. The van der Waals surface area contributed by atoms with Gasteiger partial charge in [-0.2, -0.15) is 0 Å². The number of hydrogen-bond acceptors (Lipinski definition) is 2. The Morgan fingerprint density at radius 3 is 2.91 bits per heavy atom. The molecule has 2 heteroatoms. The zero-order chi connectivity index (χ0) is 7.84. The molecule has 2 rings (SSSR count). The number of ether oxygens (including phenoxy) is 1. The first-order chi connectivity index (χ1) is 5.31. The van der Waals surface area contributed by atoms with Crippen LogP contribution in [0.2, 0.25) is 0 Å². The van der Waals surface area contributed by atoms with Gasteiger partial charge in [-0.25, -0.2) is 0 Å². The summed E-state index contributed by atoms with van der Waals surface area (Å²) in [6.07, 6.45) is 3.11. The summed E-state index contributed by atoms with van der Waals surface area (Å²) in [6.45, 7) is 6.74. The normalized spacial score (nSPS) is 39.8. The standard InChI is InChI=1S/C9H17NO/c1-3-7(2)10-5-9-4-8(10)6-11-9/h7-9H,3-6H2,1-2H3/t7?,8-,9-/m0/s1. The molecule has 0 amide bonds. The lowest BCUT2D eigenvalue weighted by molar-refractivity contribution is 0.0141. The lowest BCUT2D eigenvalue weighted by Crippen LogP contribution is -2.42. The van der Waals surface area contributed by atoms with Gasteiger partial charge < -0.3 is 4.74 Å². The summed E-state index contributed by atoms with van der Waals surface area (Å²) >= 11 is 0. The van der Waals surface area contributed by atoms with Gasteiger partial charge in [0.05, 0.1) is 12.7 Å². The van der Waals surface area contributed by atoms with Crippen molar-refractivity contribution in [2.45, 2.75) is 44.9 Å². The van der Waals surface area contributed by atoms with Crippen molar-refractivity contribution in [1.29, 1.82) is 0 Å². The zero-order valence-electron chi connectivity index (χ0n) is 7.42. The van der Waals surface area contributed by atoms with E-state index in [1.807, 2.05) is 0 Å². The molecule has 11 heavy (non-hydrogen) atoms. The molecule has 2 aliphatic heterocycles. The molecule has 0 aromatic rings. The van der Waals surface area contributed by atoms with Crippen LogP contribution in [0.1, 0.15) is 26.7 Å². The predicted molar refractivity (Wildman–Crippen MR) is 44.6 cm³/mol. The van der Waals surface area contributed by atoms with Gasteiger partial charge in [0, 0.05) is 18.6 Å². The highest BCUT2D eigenvalue weighted by atomic mass is 16.5. The van der Waals surface area contributed by atoms with Crippen LogP contribution < -0.4 is 0 Å². The Hall–Kier alpha value is -0.0800. The van der Waals surface area contributed by atoms with Crippen LogP contribution in [0.3, 0.4) is 0 Å². The van der Waals surface area contributed by atoms with Crippen LogP contribution in [0.25, 0.3) is 0 Å². The first kappa shape index (κ1) is 7.56. The van der Waals surface area contributed by atoms with Crippen molar-refractivity contribution in [2.24, 2.45) is 0 Å². The van der Waals surface area contributed by atoms with Gasteiger partial charge in [-0.05, 0) is 19.8 Å². The summed E-state index contributed by atoms with van der Waals surface area (Å²) in [5, 5.41) is 0. The van der Waals surface area contributed by atoms with E-state index in [1.54, 1.807) is 0 Å². The highest BCUT2D eigenvalue weighted by molar-refractivity contribution is 4.93. The number of hydrogen-bond donors (Lipinski definition) is 0. The van der Waals surface area contributed by atoms with E-state index in [0.29, 0.717) is 6.10 Å². The van der Waals surface area contributed by atoms with Crippen LogP contribution >= 0.6 is 0 Å². The molecule has 0 aromatic heterocycles. The third-order valence-corrected chi connectivity index (χ3v) is 3.10. The second-order valence-electron chi connectivity index (χ2n) is 3.80. The van der Waals surface area contributed by atoms with Crippen LogP contribution in [0.4, 0.5) is 0 Å². The Labute approximate surface area is 68.5 Å². The fourth-order valence-electron chi connectivity index (χ4n) is 2.20. The van der Waals surface area contributed by atoms with Gasteiger partial charge in [0.2, 0.25) is 0 Å². The fourth-order valence-corrected chi connectivity index (χ4v) is 2.20. The van der Waals surface area contributed by atoms with E-state index in [1.165, 1.54) is 19.4 Å². The van der Waals surface area contributed by atoms with Gasteiger partial charge in [0.1, 0.15) is 0 Å². The van der Waals surface area contributed by atoms with Crippen molar-refractivity contribution < 1.29 is 4.74 Å². The van der Waals surface area contributed by atoms with Crippen molar-refractivity contribution in [3.05, 3.63) is 0 Å². The van der Waals surface area contributed by atoms with Gasteiger partial charge in [-0.15, -0.1) is 0 Å². The van der Waals surface area contributed by atoms with Crippen molar-refractivity contribution in [1.82, 2.24) is 4.90 Å². The molecule has 0 aromatic carbocycles. The summed E-state index contributed by atoms with van der Waals surface area (Å²) < 4.78 is 5.54. The second kappa shape index (κ2) is 2.76. The number of morpholine rings is 1. The van der Waals surface area contributed by atoms with Gasteiger partial charge in [-0.3, -0.25) is 4.90 Å². The van der Waals surface area contributed by atoms with Crippen molar-refractivity contribution in [2.75, 3.05) is 13.2 Å². The van der Waals surface area contributed by atoms with Gasteiger partial charge in [0.15, 0.2) is 0 Å². The fraction of sp³-hybridized carbons (Fsp3) is 1.00. The number of rotatable bonds is 2. The molecule has 2 nitrogen and oxygen atoms in total.